The van der Waals surface area contributed by atoms with Gasteiger partial charge in [-0.2, -0.15) is 8.42 Å². The summed E-state index contributed by atoms with van der Waals surface area (Å²) in [7, 11) is -8.20. The van der Waals surface area contributed by atoms with Crippen molar-refractivity contribution in [3.8, 4) is 11.5 Å². The Morgan fingerprint density at radius 1 is 1.06 bits per heavy atom. The monoisotopic (exact) mass is 519 g/mol. The number of hydrogen-bond donors (Lipinski definition) is 2. The normalized spacial score (nSPS) is 14.5. The number of oxime groups is 1. The van der Waals surface area contributed by atoms with Crippen molar-refractivity contribution in [3.05, 3.63) is 48.0 Å². The molecule has 1 aliphatic carbocycles. The highest BCUT2D eigenvalue weighted by Gasteiger charge is 2.34. The van der Waals surface area contributed by atoms with E-state index in [9.17, 15) is 16.8 Å². The van der Waals surface area contributed by atoms with E-state index >= 15 is 0 Å². The molecule has 0 heterocycles. The summed E-state index contributed by atoms with van der Waals surface area (Å²) in [5.41, 5.74) is 11.3. The third kappa shape index (κ3) is 7.41. The largest absolute Gasteiger partial charge is 0.489 e. The third-order valence-corrected chi connectivity index (χ3v) is 7.19. The van der Waals surface area contributed by atoms with E-state index in [2.05, 4.69) is 5.16 Å². The highest BCUT2D eigenvalue weighted by Crippen LogP contribution is 2.35. The van der Waals surface area contributed by atoms with Crippen LogP contribution >= 0.6 is 12.4 Å². The maximum atomic E-state index is 12.8. The molecule has 3 rings (SSSR count). The smallest absolute Gasteiger partial charge is 0.340 e. The molecule has 0 spiro atoms. The van der Waals surface area contributed by atoms with E-state index in [1.165, 1.54) is 36.4 Å². The summed E-state index contributed by atoms with van der Waals surface area (Å²) < 4.78 is 60.6. The highest BCUT2D eigenvalue weighted by atomic mass is 35.5. The number of rotatable bonds is 10. The van der Waals surface area contributed by atoms with E-state index in [0.29, 0.717) is 11.3 Å². The minimum absolute atomic E-state index is 0. The Hall–Kier alpha value is -2.70. The number of halogens is 1. The van der Waals surface area contributed by atoms with Crippen LogP contribution in [0.5, 0.6) is 11.5 Å². The van der Waals surface area contributed by atoms with E-state index in [1.807, 2.05) is 0 Å². The molecule has 0 saturated heterocycles. The SMILES string of the molecule is Cc1cc(OCC(ON=C(N)N)C2CC2)cc(OS(=O)(=O)c2ccccc2S(C)(=O)=O)c1.Cl. The van der Waals surface area contributed by atoms with Crippen molar-refractivity contribution in [3.63, 3.8) is 0 Å². The Labute approximate surface area is 199 Å². The van der Waals surface area contributed by atoms with Gasteiger partial charge in [-0.1, -0.05) is 12.1 Å². The lowest BCUT2D eigenvalue weighted by Crippen LogP contribution is -2.27. The van der Waals surface area contributed by atoms with Gasteiger partial charge < -0.3 is 25.2 Å². The maximum Gasteiger partial charge on any atom is 0.340 e. The van der Waals surface area contributed by atoms with Crippen LogP contribution in [0.15, 0.2) is 57.4 Å². The topological polar surface area (TPSA) is 160 Å². The molecule has 0 amide bonds. The van der Waals surface area contributed by atoms with Gasteiger partial charge in [-0.25, -0.2) is 8.42 Å². The number of guanidine groups is 1. The van der Waals surface area contributed by atoms with Crippen LogP contribution in [0, 0.1) is 12.8 Å². The van der Waals surface area contributed by atoms with Crippen LogP contribution in [-0.2, 0) is 24.8 Å². The molecule has 1 unspecified atom stereocenters. The number of ether oxygens (including phenoxy) is 1. The van der Waals surface area contributed by atoms with Crippen LogP contribution in [0.25, 0.3) is 0 Å². The predicted molar refractivity (Wildman–Crippen MR) is 125 cm³/mol. The number of nitrogens with two attached hydrogens (primary N) is 2. The van der Waals surface area contributed by atoms with Gasteiger partial charge in [-0.05, 0) is 54.8 Å². The molecule has 0 aliphatic heterocycles. The van der Waals surface area contributed by atoms with Crippen LogP contribution in [0.4, 0.5) is 0 Å². The second kappa shape index (κ2) is 10.5. The Kier molecular flexibility index (Phi) is 8.44. The van der Waals surface area contributed by atoms with E-state index in [1.54, 1.807) is 13.0 Å². The molecule has 1 saturated carbocycles. The van der Waals surface area contributed by atoms with Crippen molar-refractivity contribution in [2.24, 2.45) is 22.5 Å². The summed E-state index contributed by atoms with van der Waals surface area (Å²) >= 11 is 0. The average Bonchev–Trinajstić information content (AvgIpc) is 3.51. The van der Waals surface area contributed by atoms with Crippen LogP contribution in [0.2, 0.25) is 0 Å². The number of sulfone groups is 1. The van der Waals surface area contributed by atoms with Crippen LogP contribution in [-0.4, -0.2) is 41.8 Å². The van der Waals surface area contributed by atoms with Gasteiger partial charge in [0.25, 0.3) is 0 Å². The van der Waals surface area contributed by atoms with Crippen molar-refractivity contribution < 1.29 is 30.6 Å². The molecule has 4 N–H and O–H groups in total. The summed E-state index contributed by atoms with van der Waals surface area (Å²) in [5, 5.41) is 3.58. The minimum Gasteiger partial charge on any atom is -0.489 e. The molecule has 10 nitrogen and oxygen atoms in total. The van der Waals surface area contributed by atoms with Gasteiger partial charge in [-0.15, -0.1) is 12.4 Å². The molecule has 33 heavy (non-hydrogen) atoms. The number of hydrogen-bond acceptors (Lipinski definition) is 8. The van der Waals surface area contributed by atoms with E-state index < -0.39 is 24.9 Å². The first kappa shape index (κ1) is 26.6. The molecule has 1 aliphatic rings. The van der Waals surface area contributed by atoms with Gasteiger partial charge in [-0.3, -0.25) is 0 Å². The lowest BCUT2D eigenvalue weighted by atomic mass is 10.2. The van der Waals surface area contributed by atoms with Gasteiger partial charge in [0.15, 0.2) is 15.9 Å². The molecule has 1 atom stereocenters. The molecule has 0 aromatic heterocycles. The zero-order valence-electron chi connectivity index (χ0n) is 18.0. The van der Waals surface area contributed by atoms with Crippen molar-refractivity contribution in [1.29, 1.82) is 0 Å². The first-order chi connectivity index (χ1) is 15.0. The number of benzene rings is 2. The van der Waals surface area contributed by atoms with Crippen molar-refractivity contribution in [2.75, 3.05) is 12.9 Å². The van der Waals surface area contributed by atoms with E-state index in [-0.39, 0.29) is 47.6 Å². The van der Waals surface area contributed by atoms with Gasteiger partial charge in [0, 0.05) is 18.2 Å². The lowest BCUT2D eigenvalue weighted by molar-refractivity contribution is 0.00961. The molecule has 0 radical (unpaired) electrons. The second-order valence-corrected chi connectivity index (χ2v) is 11.0. The molecular weight excluding hydrogens is 494 g/mol. The van der Waals surface area contributed by atoms with Crippen LogP contribution in [0.3, 0.4) is 0 Å². The summed E-state index contributed by atoms with van der Waals surface area (Å²) in [6.45, 7) is 1.89. The van der Waals surface area contributed by atoms with Gasteiger partial charge in [0.05, 0.1) is 4.90 Å². The quantitative estimate of drug-likeness (QED) is 0.207. The summed E-state index contributed by atoms with van der Waals surface area (Å²) in [5.74, 6) is 0.412. The van der Waals surface area contributed by atoms with Gasteiger partial charge >= 0.3 is 10.1 Å². The highest BCUT2D eigenvalue weighted by molar-refractivity contribution is 7.92. The summed E-state index contributed by atoms with van der Waals surface area (Å²) in [6.07, 6.45) is 2.51. The average molecular weight is 520 g/mol. The molecule has 0 bridgehead atoms. The van der Waals surface area contributed by atoms with Gasteiger partial charge in [0.2, 0.25) is 5.96 Å². The Morgan fingerprint density at radius 3 is 2.24 bits per heavy atom. The molecule has 182 valence electrons. The number of nitrogens with zero attached hydrogens (tertiary/aromatic N) is 1. The van der Waals surface area contributed by atoms with Crippen molar-refractivity contribution in [1.82, 2.24) is 0 Å². The maximum absolute atomic E-state index is 12.8. The standard InChI is InChI=1S/C20H25N3O7S2.ClH/c1-13-9-15(28-12-17(14-7-8-14)29-23-20(21)22)11-16(10-13)30-32(26,27)19-6-4-3-5-18(19)31(2,24)25;/h3-6,9-11,14,17H,7-8,12H2,1-2H3,(H4,21,22,23);1H. The molecule has 1 fully saturated rings. The summed E-state index contributed by atoms with van der Waals surface area (Å²) in [4.78, 5) is 4.54. The fraction of sp³-hybridized carbons (Fsp3) is 0.350. The molecule has 2 aromatic carbocycles. The van der Waals surface area contributed by atoms with Crippen molar-refractivity contribution in [2.45, 2.75) is 35.7 Å². The second-order valence-electron chi connectivity index (χ2n) is 7.55. The lowest BCUT2D eigenvalue weighted by Gasteiger charge is -2.16. The number of aryl methyl sites for hydroxylation is 1. The first-order valence-corrected chi connectivity index (χ1v) is 13.0. The third-order valence-electron chi connectivity index (χ3n) is 4.60. The van der Waals surface area contributed by atoms with Gasteiger partial charge in [0.1, 0.15) is 23.0 Å². The first-order valence-electron chi connectivity index (χ1n) is 9.68. The van der Waals surface area contributed by atoms with E-state index in [4.69, 9.17) is 25.2 Å². The van der Waals surface area contributed by atoms with Crippen LogP contribution < -0.4 is 20.4 Å². The minimum atomic E-state index is -4.42. The van der Waals surface area contributed by atoms with Crippen LogP contribution in [0.1, 0.15) is 18.4 Å². The summed E-state index contributed by atoms with van der Waals surface area (Å²) in [6, 6.07) is 9.86. The molecule has 2 aromatic rings. The Balaban J connectivity index is 0.00000385. The Morgan fingerprint density at radius 2 is 1.67 bits per heavy atom. The zero-order chi connectivity index (χ0) is 23.5. The Bertz CT molecular complexity index is 1230. The van der Waals surface area contributed by atoms with E-state index in [0.717, 1.165) is 19.1 Å². The molecule has 13 heteroatoms. The molecular formula is C20H26ClN3O7S2. The fourth-order valence-electron chi connectivity index (χ4n) is 3.01. The predicted octanol–water partition coefficient (Wildman–Crippen LogP) is 1.95. The van der Waals surface area contributed by atoms with Crippen molar-refractivity contribution >= 4 is 38.3 Å². The zero-order valence-corrected chi connectivity index (χ0v) is 20.5. The fourth-order valence-corrected chi connectivity index (χ4v) is 5.53.